The predicted octanol–water partition coefficient (Wildman–Crippen LogP) is 13.5. The van der Waals surface area contributed by atoms with Crippen LogP contribution in [0.2, 0.25) is 0 Å². The molecule has 0 radical (unpaired) electrons. The van der Waals surface area contributed by atoms with E-state index in [4.69, 9.17) is 24.9 Å². The van der Waals surface area contributed by atoms with Crippen molar-refractivity contribution in [2.24, 2.45) is 0 Å². The minimum absolute atomic E-state index is 0.131. The topological polar surface area (TPSA) is 83.1 Å². The van der Waals surface area contributed by atoms with Crippen LogP contribution in [0, 0.1) is 0 Å². The van der Waals surface area contributed by atoms with Crippen LogP contribution in [0.5, 0.6) is 0 Å². The Bertz CT molecular complexity index is 4310. The van der Waals surface area contributed by atoms with Gasteiger partial charge in [0.15, 0.2) is 11.6 Å². The van der Waals surface area contributed by atoms with Crippen molar-refractivity contribution in [3.63, 3.8) is 0 Å². The summed E-state index contributed by atoms with van der Waals surface area (Å²) in [6, 6.07) is 77.0. The largest absolute Gasteiger partial charge is 0.278 e. The van der Waals surface area contributed by atoms with Gasteiger partial charge in [0.1, 0.15) is 0 Å². The number of hydrogen-bond acceptors (Lipinski definition) is 5. The van der Waals surface area contributed by atoms with Crippen molar-refractivity contribution in [1.82, 2.24) is 42.9 Å². The normalized spacial score (nSPS) is 13.4. The van der Waals surface area contributed by atoms with Gasteiger partial charge in [-0.1, -0.05) is 158 Å². The molecule has 0 spiro atoms. The van der Waals surface area contributed by atoms with Crippen molar-refractivity contribution in [1.29, 1.82) is 0 Å². The molecule has 1 aliphatic rings. The molecule has 0 aliphatic heterocycles. The molecular formula is C60H37N9. The van der Waals surface area contributed by atoms with Crippen molar-refractivity contribution in [2.45, 2.75) is 5.92 Å². The highest BCUT2D eigenvalue weighted by Gasteiger charge is 2.31. The minimum Gasteiger partial charge on any atom is -0.278 e. The van der Waals surface area contributed by atoms with Crippen LogP contribution in [0.1, 0.15) is 22.6 Å². The molecule has 15 rings (SSSR count). The van der Waals surface area contributed by atoms with Crippen LogP contribution in [0.15, 0.2) is 218 Å². The zero-order valence-electron chi connectivity index (χ0n) is 36.9. The minimum atomic E-state index is 0.131. The van der Waals surface area contributed by atoms with E-state index in [0.717, 1.165) is 83.6 Å². The molecule has 9 aromatic carbocycles. The number of fused-ring (bicyclic) bond motifs is 13. The Morgan fingerprint density at radius 2 is 0.826 bits per heavy atom. The van der Waals surface area contributed by atoms with Gasteiger partial charge in [-0.2, -0.15) is 9.97 Å². The third-order valence-electron chi connectivity index (χ3n) is 13.9. The summed E-state index contributed by atoms with van der Waals surface area (Å²) in [5.41, 5.74) is 19.5. The van der Waals surface area contributed by atoms with Crippen LogP contribution in [-0.2, 0) is 0 Å². The molecule has 1 aliphatic carbocycles. The molecule has 5 aromatic heterocycles. The summed E-state index contributed by atoms with van der Waals surface area (Å²) >= 11 is 0. The van der Waals surface area contributed by atoms with Crippen molar-refractivity contribution in [3.8, 4) is 56.7 Å². The first kappa shape index (κ1) is 37.7. The Hall–Kier alpha value is -9.47. The summed E-state index contributed by atoms with van der Waals surface area (Å²) in [6.07, 6.45) is 0. The summed E-state index contributed by atoms with van der Waals surface area (Å²) in [5.74, 6) is 3.40. The number of rotatable bonds is 6. The Kier molecular flexibility index (Phi) is 7.93. The predicted molar refractivity (Wildman–Crippen MR) is 275 cm³/mol. The Balaban J connectivity index is 0.931. The van der Waals surface area contributed by atoms with Gasteiger partial charge in [-0.3, -0.25) is 13.4 Å². The summed E-state index contributed by atoms with van der Waals surface area (Å²) in [4.78, 5) is 25.9. The standard InChI is InChI=1S/C60H37N9/c1-4-16-37(17-5-1)55-45-23-11-10-22-43(45)44-31-30-42(36-46(44)55)66-51-32-28-40(34-53(51)67-49-26-14-12-24-47(49)61-59(66)67)41-29-33-52-54(35-41)68-50-27-15-13-25-48(50)62-60(68)69(52)58-64-56(38-18-6-2-7-19-38)63-57(65-58)39-20-8-3-9-21-39/h1-36,55H. The molecule has 9 nitrogen and oxygen atoms in total. The molecular weight excluding hydrogens is 847 g/mol. The van der Waals surface area contributed by atoms with Crippen LogP contribution in [0.25, 0.3) is 112 Å². The Morgan fingerprint density at radius 3 is 1.45 bits per heavy atom. The molecule has 0 fully saturated rings. The van der Waals surface area contributed by atoms with Gasteiger partial charge in [-0.15, -0.1) is 0 Å². The summed E-state index contributed by atoms with van der Waals surface area (Å²) in [7, 11) is 0. The molecule has 322 valence electrons. The molecule has 1 atom stereocenters. The Morgan fingerprint density at radius 1 is 0.319 bits per heavy atom. The third kappa shape index (κ3) is 5.61. The van der Waals surface area contributed by atoms with E-state index in [9.17, 15) is 0 Å². The van der Waals surface area contributed by atoms with Gasteiger partial charge in [-0.25, -0.2) is 19.5 Å². The lowest BCUT2D eigenvalue weighted by molar-refractivity contribution is 0.937. The highest BCUT2D eigenvalue weighted by atomic mass is 15.3. The van der Waals surface area contributed by atoms with E-state index in [1.54, 1.807) is 0 Å². The van der Waals surface area contributed by atoms with Crippen molar-refractivity contribution in [2.75, 3.05) is 0 Å². The van der Waals surface area contributed by atoms with Gasteiger partial charge in [0.05, 0.1) is 44.1 Å². The SMILES string of the molecule is c1ccc(-c2nc(-c3ccccc3)nc(-n3c4ccc(-c5ccc6c(c5)n5c7ccccc7nc5n6-c5ccc6c(c5)C(c5ccccc5)c5ccccc5-6)cc4n4c5ccccc5nc34)n2)cc1. The molecule has 9 heteroatoms. The van der Waals surface area contributed by atoms with Crippen LogP contribution < -0.4 is 0 Å². The fourth-order valence-corrected chi connectivity index (χ4v) is 10.8. The summed E-state index contributed by atoms with van der Waals surface area (Å²) in [6.45, 7) is 0. The fraction of sp³-hybridized carbons (Fsp3) is 0.0167. The molecule has 0 bridgehead atoms. The van der Waals surface area contributed by atoms with E-state index in [1.807, 2.05) is 66.7 Å². The molecule has 0 saturated carbocycles. The number of para-hydroxylation sites is 4. The molecule has 0 saturated heterocycles. The van der Waals surface area contributed by atoms with Crippen molar-refractivity contribution >= 4 is 55.7 Å². The van der Waals surface area contributed by atoms with Gasteiger partial charge in [-0.05, 0) is 99.6 Å². The molecule has 14 aromatic rings. The molecule has 1 unspecified atom stereocenters. The number of aromatic nitrogens is 9. The first-order chi connectivity index (χ1) is 34.2. The highest BCUT2D eigenvalue weighted by molar-refractivity contribution is 5.97. The quantitative estimate of drug-likeness (QED) is 0.166. The average Bonchev–Trinajstić information content (AvgIpc) is 4.21. The first-order valence-corrected chi connectivity index (χ1v) is 23.2. The molecule has 0 N–H and O–H groups in total. The van der Waals surface area contributed by atoms with Crippen LogP contribution in [-0.4, -0.2) is 42.9 Å². The molecule has 69 heavy (non-hydrogen) atoms. The zero-order chi connectivity index (χ0) is 45.2. The Labute approximate surface area is 394 Å². The second-order valence-corrected chi connectivity index (χ2v) is 17.8. The number of benzene rings is 9. The van der Waals surface area contributed by atoms with Crippen LogP contribution in [0.3, 0.4) is 0 Å². The smallest absolute Gasteiger partial charge is 0.241 e. The second-order valence-electron chi connectivity index (χ2n) is 17.8. The third-order valence-corrected chi connectivity index (χ3v) is 13.9. The second kappa shape index (κ2) is 14.5. The van der Waals surface area contributed by atoms with Gasteiger partial charge in [0.25, 0.3) is 0 Å². The zero-order valence-corrected chi connectivity index (χ0v) is 36.9. The number of nitrogens with zero attached hydrogens (tertiary/aromatic N) is 9. The monoisotopic (exact) mass is 883 g/mol. The van der Waals surface area contributed by atoms with Crippen molar-refractivity contribution in [3.05, 3.63) is 235 Å². The van der Waals surface area contributed by atoms with E-state index < -0.39 is 0 Å². The average molecular weight is 884 g/mol. The summed E-state index contributed by atoms with van der Waals surface area (Å²) < 4.78 is 8.95. The lowest BCUT2D eigenvalue weighted by Gasteiger charge is -2.16. The van der Waals surface area contributed by atoms with Gasteiger partial charge in [0, 0.05) is 22.7 Å². The van der Waals surface area contributed by atoms with E-state index in [2.05, 4.69) is 170 Å². The fourth-order valence-electron chi connectivity index (χ4n) is 10.8. The maximum atomic E-state index is 5.32. The van der Waals surface area contributed by atoms with Gasteiger partial charge in [0.2, 0.25) is 17.5 Å². The lowest BCUT2D eigenvalue weighted by atomic mass is 9.89. The van der Waals surface area contributed by atoms with Crippen molar-refractivity contribution < 1.29 is 0 Å². The summed E-state index contributed by atoms with van der Waals surface area (Å²) in [5, 5.41) is 0. The van der Waals surface area contributed by atoms with E-state index in [-0.39, 0.29) is 5.92 Å². The molecule has 5 heterocycles. The number of hydrogen-bond donors (Lipinski definition) is 0. The first-order valence-electron chi connectivity index (χ1n) is 23.2. The maximum Gasteiger partial charge on any atom is 0.241 e. The van der Waals surface area contributed by atoms with Gasteiger partial charge < -0.3 is 0 Å². The van der Waals surface area contributed by atoms with E-state index in [0.29, 0.717) is 17.6 Å². The van der Waals surface area contributed by atoms with Crippen LogP contribution in [0.4, 0.5) is 0 Å². The lowest BCUT2D eigenvalue weighted by Crippen LogP contribution is -2.07. The maximum absolute atomic E-state index is 5.32. The van der Waals surface area contributed by atoms with Crippen LogP contribution >= 0.6 is 0 Å². The van der Waals surface area contributed by atoms with E-state index >= 15 is 0 Å². The van der Waals surface area contributed by atoms with Gasteiger partial charge >= 0.3 is 0 Å². The molecule has 0 amide bonds. The van der Waals surface area contributed by atoms with E-state index in [1.165, 1.54) is 27.8 Å². The number of imidazole rings is 4. The highest BCUT2D eigenvalue weighted by Crippen LogP contribution is 2.49.